The van der Waals surface area contributed by atoms with Crippen LogP contribution >= 0.6 is 15.9 Å². The van der Waals surface area contributed by atoms with E-state index in [9.17, 15) is 4.79 Å². The fourth-order valence-corrected chi connectivity index (χ4v) is 2.23. The SMILES string of the molecule is O=C(NCc1ccc(Br)cc1)c1cc2ccccc2o1. The van der Waals surface area contributed by atoms with Crippen LogP contribution < -0.4 is 5.32 Å². The number of para-hydroxylation sites is 1. The van der Waals surface area contributed by atoms with Gasteiger partial charge in [-0.1, -0.05) is 46.3 Å². The molecule has 2 aromatic carbocycles. The number of hydrogen-bond donors (Lipinski definition) is 1. The molecule has 0 fully saturated rings. The predicted octanol–water partition coefficient (Wildman–Crippen LogP) is 4.13. The summed E-state index contributed by atoms with van der Waals surface area (Å²) in [6, 6.07) is 17.1. The average Bonchev–Trinajstić information content (AvgIpc) is 2.90. The Kier molecular flexibility index (Phi) is 3.56. The van der Waals surface area contributed by atoms with Crippen molar-refractivity contribution < 1.29 is 9.21 Å². The summed E-state index contributed by atoms with van der Waals surface area (Å²) < 4.78 is 6.54. The number of furan rings is 1. The van der Waals surface area contributed by atoms with Crippen molar-refractivity contribution >= 4 is 32.8 Å². The molecule has 0 aliphatic carbocycles. The van der Waals surface area contributed by atoms with Crippen LogP contribution in [0.5, 0.6) is 0 Å². The zero-order chi connectivity index (χ0) is 13.9. The molecule has 0 saturated heterocycles. The van der Waals surface area contributed by atoms with E-state index in [1.807, 2.05) is 48.5 Å². The van der Waals surface area contributed by atoms with Crippen molar-refractivity contribution in [2.24, 2.45) is 0 Å². The third kappa shape index (κ3) is 2.75. The van der Waals surface area contributed by atoms with Gasteiger partial charge in [0.1, 0.15) is 5.58 Å². The summed E-state index contributed by atoms with van der Waals surface area (Å²) in [5.41, 5.74) is 1.76. The second kappa shape index (κ2) is 5.51. The molecule has 0 aliphatic heterocycles. The second-order valence-corrected chi connectivity index (χ2v) is 5.37. The lowest BCUT2D eigenvalue weighted by molar-refractivity contribution is 0.0925. The molecule has 0 unspecified atom stereocenters. The van der Waals surface area contributed by atoms with Gasteiger partial charge in [0.25, 0.3) is 5.91 Å². The van der Waals surface area contributed by atoms with Crippen LogP contribution in [0.1, 0.15) is 16.1 Å². The van der Waals surface area contributed by atoms with E-state index in [4.69, 9.17) is 4.42 Å². The normalized spacial score (nSPS) is 10.7. The molecule has 0 atom stereocenters. The lowest BCUT2D eigenvalue weighted by atomic mass is 10.2. The quantitative estimate of drug-likeness (QED) is 0.785. The highest BCUT2D eigenvalue weighted by molar-refractivity contribution is 9.10. The molecule has 0 aliphatic rings. The van der Waals surface area contributed by atoms with E-state index in [2.05, 4.69) is 21.2 Å². The van der Waals surface area contributed by atoms with Crippen LogP contribution in [0.4, 0.5) is 0 Å². The van der Waals surface area contributed by atoms with Gasteiger partial charge in [-0.3, -0.25) is 4.79 Å². The highest BCUT2D eigenvalue weighted by Crippen LogP contribution is 2.18. The van der Waals surface area contributed by atoms with Crippen molar-refractivity contribution in [2.75, 3.05) is 0 Å². The molecule has 1 heterocycles. The van der Waals surface area contributed by atoms with Crippen LogP contribution in [-0.4, -0.2) is 5.91 Å². The van der Waals surface area contributed by atoms with Gasteiger partial charge in [-0.2, -0.15) is 0 Å². The Morgan fingerprint density at radius 1 is 1.10 bits per heavy atom. The molecule has 20 heavy (non-hydrogen) atoms. The first-order valence-electron chi connectivity index (χ1n) is 6.23. The van der Waals surface area contributed by atoms with Gasteiger partial charge < -0.3 is 9.73 Å². The number of benzene rings is 2. The molecule has 3 nitrogen and oxygen atoms in total. The Balaban J connectivity index is 1.71. The molecule has 3 aromatic rings. The second-order valence-electron chi connectivity index (χ2n) is 4.46. The van der Waals surface area contributed by atoms with Crippen LogP contribution in [0.25, 0.3) is 11.0 Å². The summed E-state index contributed by atoms with van der Waals surface area (Å²) in [4.78, 5) is 12.0. The first-order valence-corrected chi connectivity index (χ1v) is 7.03. The average molecular weight is 330 g/mol. The Bertz CT molecular complexity index is 714. The monoisotopic (exact) mass is 329 g/mol. The summed E-state index contributed by atoms with van der Waals surface area (Å²) in [5.74, 6) is 0.132. The van der Waals surface area contributed by atoms with Gasteiger partial charge in [0.2, 0.25) is 0 Å². The molecule has 4 heteroatoms. The highest BCUT2D eigenvalue weighted by Gasteiger charge is 2.11. The fourth-order valence-electron chi connectivity index (χ4n) is 1.97. The van der Waals surface area contributed by atoms with Gasteiger partial charge in [-0.05, 0) is 29.8 Å². The number of amides is 1. The third-order valence-corrected chi connectivity index (χ3v) is 3.54. The van der Waals surface area contributed by atoms with Gasteiger partial charge in [0.05, 0.1) is 0 Å². The van der Waals surface area contributed by atoms with E-state index in [-0.39, 0.29) is 5.91 Å². The molecule has 1 N–H and O–H groups in total. The van der Waals surface area contributed by atoms with Crippen LogP contribution in [0, 0.1) is 0 Å². The molecule has 1 amide bonds. The van der Waals surface area contributed by atoms with Gasteiger partial charge in [-0.25, -0.2) is 0 Å². The van der Waals surface area contributed by atoms with Crippen LogP contribution in [0.2, 0.25) is 0 Å². The predicted molar refractivity (Wildman–Crippen MR) is 81.5 cm³/mol. The van der Waals surface area contributed by atoms with E-state index in [1.54, 1.807) is 6.07 Å². The van der Waals surface area contributed by atoms with E-state index in [1.165, 1.54) is 0 Å². The first kappa shape index (κ1) is 12.9. The van der Waals surface area contributed by atoms with Crippen molar-refractivity contribution in [1.82, 2.24) is 5.32 Å². The number of nitrogens with one attached hydrogen (secondary N) is 1. The maximum Gasteiger partial charge on any atom is 0.287 e. The molecule has 0 spiro atoms. The lowest BCUT2D eigenvalue weighted by Gasteiger charge is -2.03. The van der Waals surface area contributed by atoms with Crippen LogP contribution in [-0.2, 0) is 6.54 Å². The van der Waals surface area contributed by atoms with Crippen LogP contribution in [0.15, 0.2) is 63.5 Å². The van der Waals surface area contributed by atoms with Gasteiger partial charge >= 0.3 is 0 Å². The van der Waals surface area contributed by atoms with Crippen molar-refractivity contribution in [3.8, 4) is 0 Å². The topological polar surface area (TPSA) is 42.2 Å². The zero-order valence-electron chi connectivity index (χ0n) is 10.6. The maximum absolute atomic E-state index is 12.0. The lowest BCUT2D eigenvalue weighted by Crippen LogP contribution is -2.22. The highest BCUT2D eigenvalue weighted by atomic mass is 79.9. The number of fused-ring (bicyclic) bond motifs is 1. The van der Waals surface area contributed by atoms with Gasteiger partial charge in [0.15, 0.2) is 5.76 Å². The first-order chi connectivity index (χ1) is 9.72. The molecule has 0 radical (unpaired) electrons. The molecule has 100 valence electrons. The summed E-state index contributed by atoms with van der Waals surface area (Å²) >= 11 is 3.38. The smallest absolute Gasteiger partial charge is 0.287 e. The molecule has 1 aromatic heterocycles. The molecule has 0 saturated carbocycles. The van der Waals surface area contributed by atoms with E-state index >= 15 is 0 Å². The number of rotatable bonds is 3. The van der Waals surface area contributed by atoms with Crippen molar-refractivity contribution in [3.05, 3.63) is 70.4 Å². The standard InChI is InChI=1S/C16H12BrNO2/c17-13-7-5-11(6-8-13)10-18-16(19)15-9-12-3-1-2-4-14(12)20-15/h1-9H,10H2,(H,18,19). The van der Waals surface area contributed by atoms with Crippen molar-refractivity contribution in [1.29, 1.82) is 0 Å². The summed E-state index contributed by atoms with van der Waals surface area (Å²) in [6.45, 7) is 0.475. The summed E-state index contributed by atoms with van der Waals surface area (Å²) in [5, 5.41) is 3.78. The minimum absolute atomic E-state index is 0.205. The Hall–Kier alpha value is -2.07. The Morgan fingerprint density at radius 2 is 1.85 bits per heavy atom. The van der Waals surface area contributed by atoms with Gasteiger partial charge in [0, 0.05) is 16.4 Å². The van der Waals surface area contributed by atoms with Crippen molar-refractivity contribution in [2.45, 2.75) is 6.54 Å². The maximum atomic E-state index is 12.0. The molecule has 3 rings (SSSR count). The van der Waals surface area contributed by atoms with E-state index in [0.29, 0.717) is 12.3 Å². The Morgan fingerprint density at radius 3 is 2.60 bits per heavy atom. The molecule has 0 bridgehead atoms. The minimum Gasteiger partial charge on any atom is -0.451 e. The fraction of sp³-hybridized carbons (Fsp3) is 0.0625. The minimum atomic E-state index is -0.205. The number of hydrogen-bond acceptors (Lipinski definition) is 2. The largest absolute Gasteiger partial charge is 0.451 e. The zero-order valence-corrected chi connectivity index (χ0v) is 12.2. The summed E-state index contributed by atoms with van der Waals surface area (Å²) in [7, 11) is 0. The summed E-state index contributed by atoms with van der Waals surface area (Å²) in [6.07, 6.45) is 0. The van der Waals surface area contributed by atoms with E-state index in [0.717, 1.165) is 21.0 Å². The molecular weight excluding hydrogens is 318 g/mol. The third-order valence-electron chi connectivity index (χ3n) is 3.02. The number of carbonyl (C=O) groups excluding carboxylic acids is 1. The number of halogens is 1. The van der Waals surface area contributed by atoms with Gasteiger partial charge in [-0.15, -0.1) is 0 Å². The van der Waals surface area contributed by atoms with Crippen molar-refractivity contribution in [3.63, 3.8) is 0 Å². The Labute approximate surface area is 124 Å². The van der Waals surface area contributed by atoms with E-state index < -0.39 is 0 Å². The number of carbonyl (C=O) groups is 1. The molecular formula is C16H12BrNO2. The van der Waals surface area contributed by atoms with Crippen LogP contribution in [0.3, 0.4) is 0 Å².